The number of aliphatic carboxylic acids is 1. The molecule has 1 N–H and O–H groups in total. The number of anilines is 1. The minimum Gasteiger partial charge on any atom is -0.496 e. The van der Waals surface area contributed by atoms with Gasteiger partial charge in [0, 0.05) is 42.0 Å². The molecule has 5 rings (SSSR count). The van der Waals surface area contributed by atoms with Crippen LogP contribution in [0.25, 0.3) is 11.1 Å². The van der Waals surface area contributed by atoms with Gasteiger partial charge < -0.3 is 9.84 Å². The van der Waals surface area contributed by atoms with Crippen molar-refractivity contribution in [3.63, 3.8) is 0 Å². The predicted octanol–water partition coefficient (Wildman–Crippen LogP) is 5.72. The number of hydrogen-bond donors (Lipinski definition) is 1. The van der Waals surface area contributed by atoms with Crippen LogP contribution in [0.15, 0.2) is 85.5 Å². The molecular formula is C32H31N3O4. The lowest BCUT2D eigenvalue weighted by atomic mass is 9.84. The highest BCUT2D eigenvalue weighted by Crippen LogP contribution is 2.46. The number of fused-ring (bicyclic) bond motifs is 1. The van der Waals surface area contributed by atoms with E-state index in [2.05, 4.69) is 30.7 Å². The molecular weight excluding hydrogens is 490 g/mol. The molecule has 1 atom stereocenters. The number of ether oxygens (including phenoxy) is 1. The average molecular weight is 522 g/mol. The van der Waals surface area contributed by atoms with Crippen LogP contribution in [0.3, 0.4) is 0 Å². The fraction of sp³-hybridized carbons (Fsp3) is 0.250. The van der Waals surface area contributed by atoms with E-state index >= 15 is 0 Å². The van der Waals surface area contributed by atoms with E-state index in [0.29, 0.717) is 17.0 Å². The molecule has 0 bridgehead atoms. The molecule has 4 aromatic rings. The third kappa shape index (κ3) is 4.65. The van der Waals surface area contributed by atoms with E-state index in [0.717, 1.165) is 27.8 Å². The predicted molar refractivity (Wildman–Crippen MR) is 150 cm³/mol. The largest absolute Gasteiger partial charge is 0.496 e. The first-order chi connectivity index (χ1) is 18.7. The van der Waals surface area contributed by atoms with Crippen molar-refractivity contribution in [1.82, 2.24) is 9.97 Å². The number of rotatable bonds is 6. The zero-order chi connectivity index (χ0) is 27.8. The SMILES string of the molecule is COc1cc(C(=O)N2c3cccc(-c4cncnc4)c3CC2(Cc2ccccc2)C(=O)O)ccc1C(C)(C)C. The Bertz CT molecular complexity index is 1530. The summed E-state index contributed by atoms with van der Waals surface area (Å²) < 4.78 is 5.67. The van der Waals surface area contributed by atoms with Gasteiger partial charge in [-0.15, -0.1) is 0 Å². The number of carboxylic acid groups (broad SMARTS) is 1. The third-order valence-corrected chi connectivity index (χ3v) is 7.36. The van der Waals surface area contributed by atoms with E-state index < -0.39 is 17.4 Å². The Kier molecular flexibility index (Phi) is 6.68. The molecule has 1 unspecified atom stereocenters. The molecule has 39 heavy (non-hydrogen) atoms. The van der Waals surface area contributed by atoms with Gasteiger partial charge in [-0.3, -0.25) is 9.69 Å². The molecule has 1 aliphatic rings. The van der Waals surface area contributed by atoms with Crippen molar-refractivity contribution in [3.8, 4) is 16.9 Å². The number of carboxylic acids is 1. The van der Waals surface area contributed by atoms with E-state index in [1.807, 2.05) is 54.6 Å². The number of nitrogens with zero attached hydrogens (tertiary/aromatic N) is 3. The van der Waals surface area contributed by atoms with Gasteiger partial charge in [0.05, 0.1) is 7.11 Å². The fourth-order valence-electron chi connectivity index (χ4n) is 5.48. The summed E-state index contributed by atoms with van der Waals surface area (Å²) in [7, 11) is 1.58. The molecule has 198 valence electrons. The average Bonchev–Trinajstić information content (AvgIpc) is 3.27. The van der Waals surface area contributed by atoms with Crippen LogP contribution in [0.2, 0.25) is 0 Å². The minimum absolute atomic E-state index is 0.139. The molecule has 7 nitrogen and oxygen atoms in total. The third-order valence-electron chi connectivity index (χ3n) is 7.36. The number of hydrogen-bond acceptors (Lipinski definition) is 5. The standard InChI is InChI=1S/C32H31N3O4/c1-31(2,3)26-14-13-22(15-28(26)39-4)29(36)35-27-12-8-11-24(23-18-33-20-34-19-23)25(27)17-32(35,30(37)38)16-21-9-6-5-7-10-21/h5-15,18-20H,16-17H2,1-4H3,(H,37,38). The van der Waals surface area contributed by atoms with Crippen LogP contribution in [-0.2, 0) is 23.1 Å². The number of benzene rings is 3. The van der Waals surface area contributed by atoms with Crippen molar-refractivity contribution >= 4 is 17.6 Å². The van der Waals surface area contributed by atoms with Gasteiger partial charge >= 0.3 is 5.97 Å². The molecule has 1 amide bonds. The van der Waals surface area contributed by atoms with Crippen LogP contribution < -0.4 is 9.64 Å². The molecule has 1 aliphatic heterocycles. The highest BCUT2D eigenvalue weighted by Gasteiger charge is 2.53. The first-order valence-corrected chi connectivity index (χ1v) is 12.8. The van der Waals surface area contributed by atoms with Crippen molar-refractivity contribution in [2.75, 3.05) is 12.0 Å². The van der Waals surface area contributed by atoms with Crippen LogP contribution in [0.4, 0.5) is 5.69 Å². The second kappa shape index (κ2) is 9.98. The first-order valence-electron chi connectivity index (χ1n) is 12.8. The van der Waals surface area contributed by atoms with Crippen LogP contribution in [-0.4, -0.2) is 39.6 Å². The smallest absolute Gasteiger partial charge is 0.330 e. The number of carbonyl (C=O) groups excluding carboxylic acids is 1. The van der Waals surface area contributed by atoms with Crippen LogP contribution in [0.1, 0.15) is 47.8 Å². The second-order valence-electron chi connectivity index (χ2n) is 10.9. The zero-order valence-corrected chi connectivity index (χ0v) is 22.5. The Labute approximate surface area is 228 Å². The van der Waals surface area contributed by atoms with Crippen LogP contribution in [0.5, 0.6) is 5.75 Å². The monoisotopic (exact) mass is 521 g/mol. The molecule has 3 aromatic carbocycles. The highest BCUT2D eigenvalue weighted by molar-refractivity contribution is 6.13. The molecule has 0 saturated heterocycles. The van der Waals surface area contributed by atoms with Crippen molar-refractivity contribution in [2.45, 2.75) is 44.6 Å². The molecule has 0 saturated carbocycles. The molecule has 0 aliphatic carbocycles. The molecule has 2 heterocycles. The minimum atomic E-state index is -1.54. The van der Waals surface area contributed by atoms with Gasteiger partial charge in [0.25, 0.3) is 5.91 Å². The lowest BCUT2D eigenvalue weighted by Gasteiger charge is -2.35. The summed E-state index contributed by atoms with van der Waals surface area (Å²) in [6, 6.07) is 20.4. The van der Waals surface area contributed by atoms with E-state index in [-0.39, 0.29) is 18.3 Å². The lowest BCUT2D eigenvalue weighted by molar-refractivity contribution is -0.143. The molecule has 1 aromatic heterocycles. The van der Waals surface area contributed by atoms with Crippen molar-refractivity contribution in [2.24, 2.45) is 0 Å². The van der Waals surface area contributed by atoms with Gasteiger partial charge in [0.2, 0.25) is 0 Å². The summed E-state index contributed by atoms with van der Waals surface area (Å²) in [5.74, 6) is -0.872. The summed E-state index contributed by atoms with van der Waals surface area (Å²) in [4.78, 5) is 37.4. The van der Waals surface area contributed by atoms with Gasteiger partial charge in [-0.1, -0.05) is 69.3 Å². The van der Waals surface area contributed by atoms with E-state index in [1.54, 1.807) is 31.6 Å². The van der Waals surface area contributed by atoms with Gasteiger partial charge in [-0.05, 0) is 45.9 Å². The Hall–Kier alpha value is -4.52. The van der Waals surface area contributed by atoms with E-state index in [1.165, 1.54) is 11.2 Å². The summed E-state index contributed by atoms with van der Waals surface area (Å²) in [6.07, 6.45) is 5.13. The van der Waals surface area contributed by atoms with Gasteiger partial charge in [0.15, 0.2) is 5.54 Å². The fourth-order valence-corrected chi connectivity index (χ4v) is 5.48. The zero-order valence-electron chi connectivity index (χ0n) is 22.5. The number of aromatic nitrogens is 2. The lowest BCUT2D eigenvalue weighted by Crippen LogP contribution is -2.57. The summed E-state index contributed by atoms with van der Waals surface area (Å²) in [5.41, 5.74) is 3.33. The van der Waals surface area contributed by atoms with Gasteiger partial charge in [0.1, 0.15) is 12.1 Å². The second-order valence-corrected chi connectivity index (χ2v) is 10.9. The van der Waals surface area contributed by atoms with Gasteiger partial charge in [-0.25, -0.2) is 14.8 Å². The van der Waals surface area contributed by atoms with Crippen molar-refractivity contribution in [3.05, 3.63) is 108 Å². The summed E-state index contributed by atoms with van der Waals surface area (Å²) in [6.45, 7) is 6.23. The summed E-state index contributed by atoms with van der Waals surface area (Å²) >= 11 is 0. The maximum atomic E-state index is 14.4. The van der Waals surface area contributed by atoms with E-state index in [9.17, 15) is 14.7 Å². The topological polar surface area (TPSA) is 92.6 Å². The van der Waals surface area contributed by atoms with Crippen molar-refractivity contribution in [1.29, 1.82) is 0 Å². The van der Waals surface area contributed by atoms with Crippen LogP contribution in [0, 0.1) is 0 Å². The van der Waals surface area contributed by atoms with Gasteiger partial charge in [-0.2, -0.15) is 0 Å². The molecule has 0 radical (unpaired) electrons. The van der Waals surface area contributed by atoms with E-state index in [4.69, 9.17) is 4.74 Å². The summed E-state index contributed by atoms with van der Waals surface area (Å²) in [5, 5.41) is 10.8. The highest BCUT2D eigenvalue weighted by atomic mass is 16.5. The molecule has 7 heteroatoms. The number of amides is 1. The Morgan fingerprint density at radius 2 is 1.72 bits per heavy atom. The number of carbonyl (C=O) groups is 2. The Morgan fingerprint density at radius 3 is 2.36 bits per heavy atom. The van der Waals surface area contributed by atoms with Crippen molar-refractivity contribution < 1.29 is 19.4 Å². The maximum Gasteiger partial charge on any atom is 0.330 e. The number of methoxy groups -OCH3 is 1. The quantitative estimate of drug-likeness (QED) is 0.349. The first kappa shape index (κ1) is 26.1. The normalized spacial score (nSPS) is 16.6. The Balaban J connectivity index is 1.71. The van der Waals surface area contributed by atoms with Crippen LogP contribution >= 0.6 is 0 Å². The Morgan fingerprint density at radius 1 is 1.00 bits per heavy atom. The molecule has 0 spiro atoms. The molecule has 0 fully saturated rings. The maximum absolute atomic E-state index is 14.4.